The third-order valence-corrected chi connectivity index (χ3v) is 3.94. The maximum Gasteiger partial charge on any atom is 0.331 e. The SMILES string of the molecule is CCOc1cc(C=CC(=O)OCC(=O)N(C)C)ccc1OCCOc1ccc(F)cc1. The minimum Gasteiger partial charge on any atom is -0.490 e. The number of esters is 1. The predicted octanol–water partition coefficient (Wildman–Crippen LogP) is 3.33. The highest BCUT2D eigenvalue weighted by Gasteiger charge is 2.08. The molecule has 2 aromatic rings. The molecule has 166 valence electrons. The molecule has 31 heavy (non-hydrogen) atoms. The smallest absolute Gasteiger partial charge is 0.331 e. The van der Waals surface area contributed by atoms with Crippen molar-refractivity contribution in [1.29, 1.82) is 0 Å². The van der Waals surface area contributed by atoms with Gasteiger partial charge in [0.25, 0.3) is 5.91 Å². The van der Waals surface area contributed by atoms with Crippen LogP contribution in [0, 0.1) is 5.82 Å². The lowest BCUT2D eigenvalue weighted by molar-refractivity contribution is -0.146. The number of hydrogen-bond donors (Lipinski definition) is 0. The van der Waals surface area contributed by atoms with Crippen LogP contribution in [0.15, 0.2) is 48.5 Å². The van der Waals surface area contributed by atoms with E-state index in [1.807, 2.05) is 6.92 Å². The molecule has 0 atom stereocenters. The van der Waals surface area contributed by atoms with Crippen LogP contribution in [0.5, 0.6) is 17.2 Å². The van der Waals surface area contributed by atoms with Gasteiger partial charge in [0.15, 0.2) is 18.1 Å². The normalized spacial score (nSPS) is 10.6. The van der Waals surface area contributed by atoms with Crippen LogP contribution >= 0.6 is 0 Å². The maximum atomic E-state index is 12.9. The molecule has 0 saturated heterocycles. The number of benzene rings is 2. The zero-order chi connectivity index (χ0) is 22.6. The fourth-order valence-corrected chi connectivity index (χ4v) is 2.33. The first-order valence-corrected chi connectivity index (χ1v) is 9.72. The van der Waals surface area contributed by atoms with Crippen LogP contribution in [-0.4, -0.2) is 57.3 Å². The van der Waals surface area contributed by atoms with Crippen LogP contribution < -0.4 is 14.2 Å². The van der Waals surface area contributed by atoms with E-state index in [1.165, 1.54) is 23.1 Å². The van der Waals surface area contributed by atoms with Crippen molar-refractivity contribution in [3.8, 4) is 17.2 Å². The lowest BCUT2D eigenvalue weighted by Crippen LogP contribution is -2.27. The predicted molar refractivity (Wildman–Crippen MR) is 114 cm³/mol. The largest absolute Gasteiger partial charge is 0.490 e. The lowest BCUT2D eigenvalue weighted by atomic mass is 10.2. The molecule has 2 aromatic carbocycles. The van der Waals surface area contributed by atoms with Gasteiger partial charge in [0.2, 0.25) is 0 Å². The van der Waals surface area contributed by atoms with Crippen molar-refractivity contribution in [2.75, 3.05) is 40.5 Å². The number of amides is 1. The molecule has 0 aromatic heterocycles. The highest BCUT2D eigenvalue weighted by molar-refractivity contribution is 5.89. The van der Waals surface area contributed by atoms with Crippen molar-refractivity contribution < 1.29 is 32.9 Å². The molecule has 0 aliphatic heterocycles. The van der Waals surface area contributed by atoms with Crippen molar-refractivity contribution in [3.05, 3.63) is 59.9 Å². The molecular weight excluding hydrogens is 405 g/mol. The number of ether oxygens (including phenoxy) is 4. The van der Waals surface area contributed by atoms with Gasteiger partial charge in [-0.2, -0.15) is 0 Å². The van der Waals surface area contributed by atoms with E-state index >= 15 is 0 Å². The Kier molecular flexibility index (Phi) is 9.35. The average Bonchev–Trinajstić information content (AvgIpc) is 2.76. The molecule has 0 bridgehead atoms. The molecule has 0 fully saturated rings. The van der Waals surface area contributed by atoms with E-state index in [0.717, 1.165) is 0 Å². The topological polar surface area (TPSA) is 74.3 Å². The summed E-state index contributed by atoms with van der Waals surface area (Å²) in [6.45, 7) is 2.51. The summed E-state index contributed by atoms with van der Waals surface area (Å²) in [6.07, 6.45) is 2.80. The van der Waals surface area contributed by atoms with E-state index in [1.54, 1.807) is 50.5 Å². The second kappa shape index (κ2) is 12.2. The van der Waals surface area contributed by atoms with Gasteiger partial charge in [0, 0.05) is 20.2 Å². The van der Waals surface area contributed by atoms with E-state index in [0.29, 0.717) is 29.4 Å². The van der Waals surface area contributed by atoms with Crippen molar-refractivity contribution in [3.63, 3.8) is 0 Å². The third-order valence-electron chi connectivity index (χ3n) is 3.94. The van der Waals surface area contributed by atoms with E-state index in [4.69, 9.17) is 18.9 Å². The number of carbonyl (C=O) groups excluding carboxylic acids is 2. The Hall–Kier alpha value is -3.55. The fraction of sp³-hybridized carbons (Fsp3) is 0.304. The van der Waals surface area contributed by atoms with Crippen LogP contribution in [0.4, 0.5) is 4.39 Å². The van der Waals surface area contributed by atoms with Crippen molar-refractivity contribution in [2.24, 2.45) is 0 Å². The molecule has 0 aliphatic carbocycles. The Morgan fingerprint density at radius 3 is 2.35 bits per heavy atom. The fourth-order valence-electron chi connectivity index (χ4n) is 2.33. The van der Waals surface area contributed by atoms with E-state index in [9.17, 15) is 14.0 Å². The van der Waals surface area contributed by atoms with Crippen molar-refractivity contribution in [1.82, 2.24) is 4.90 Å². The highest BCUT2D eigenvalue weighted by atomic mass is 19.1. The quantitative estimate of drug-likeness (QED) is 0.309. The summed E-state index contributed by atoms with van der Waals surface area (Å²) in [5.74, 6) is 0.351. The highest BCUT2D eigenvalue weighted by Crippen LogP contribution is 2.29. The monoisotopic (exact) mass is 431 g/mol. The molecule has 0 saturated carbocycles. The summed E-state index contributed by atoms with van der Waals surface area (Å²) in [5.41, 5.74) is 0.703. The standard InChI is InChI=1S/C23H26FNO6/c1-4-28-21-15-17(6-12-23(27)31-16-22(26)25(2)3)5-11-20(21)30-14-13-29-19-9-7-18(24)8-10-19/h5-12,15H,4,13-14,16H2,1-3H3. The summed E-state index contributed by atoms with van der Waals surface area (Å²) < 4.78 is 34.6. The Labute approximate surface area is 181 Å². The molecule has 0 aliphatic rings. The minimum atomic E-state index is -0.619. The van der Waals surface area contributed by atoms with Gasteiger partial charge in [-0.1, -0.05) is 6.07 Å². The molecule has 2 rings (SSSR count). The molecule has 7 nitrogen and oxygen atoms in total. The molecule has 0 heterocycles. The molecular formula is C23H26FNO6. The van der Waals surface area contributed by atoms with Gasteiger partial charge < -0.3 is 23.8 Å². The maximum absolute atomic E-state index is 12.9. The zero-order valence-corrected chi connectivity index (χ0v) is 17.8. The summed E-state index contributed by atoms with van der Waals surface area (Å²) in [5, 5.41) is 0. The first-order valence-electron chi connectivity index (χ1n) is 9.72. The van der Waals surface area contributed by atoms with Gasteiger partial charge in [0.05, 0.1) is 6.61 Å². The number of carbonyl (C=O) groups is 2. The molecule has 0 spiro atoms. The average molecular weight is 431 g/mol. The number of rotatable bonds is 11. The number of hydrogen-bond acceptors (Lipinski definition) is 6. The van der Waals surface area contributed by atoms with Crippen LogP contribution in [0.25, 0.3) is 6.08 Å². The first kappa shape index (κ1) is 23.7. The first-order chi connectivity index (χ1) is 14.9. The van der Waals surface area contributed by atoms with Crippen LogP contribution in [-0.2, 0) is 14.3 Å². The summed E-state index contributed by atoms with van der Waals surface area (Å²) in [7, 11) is 3.17. The lowest BCUT2D eigenvalue weighted by Gasteiger charge is -2.13. The second-order valence-corrected chi connectivity index (χ2v) is 6.52. The molecule has 0 unspecified atom stereocenters. The van der Waals surface area contributed by atoms with Crippen molar-refractivity contribution >= 4 is 18.0 Å². The van der Waals surface area contributed by atoms with E-state index < -0.39 is 5.97 Å². The van der Waals surface area contributed by atoms with Crippen LogP contribution in [0.1, 0.15) is 12.5 Å². The minimum absolute atomic E-state index is 0.263. The van der Waals surface area contributed by atoms with Crippen LogP contribution in [0.2, 0.25) is 0 Å². The van der Waals surface area contributed by atoms with Crippen molar-refractivity contribution in [2.45, 2.75) is 6.92 Å². The van der Waals surface area contributed by atoms with Crippen LogP contribution in [0.3, 0.4) is 0 Å². The summed E-state index contributed by atoms with van der Waals surface area (Å²) in [4.78, 5) is 24.6. The zero-order valence-electron chi connectivity index (χ0n) is 17.8. The third kappa shape index (κ3) is 8.38. The van der Waals surface area contributed by atoms with E-state index in [-0.39, 0.29) is 31.5 Å². The number of nitrogens with zero attached hydrogens (tertiary/aromatic N) is 1. The van der Waals surface area contributed by atoms with Gasteiger partial charge in [-0.3, -0.25) is 4.79 Å². The van der Waals surface area contributed by atoms with E-state index in [2.05, 4.69) is 0 Å². The molecule has 1 amide bonds. The second-order valence-electron chi connectivity index (χ2n) is 6.52. The van der Waals surface area contributed by atoms with Gasteiger partial charge in [-0.05, 0) is 55.0 Å². The number of halogens is 1. The Morgan fingerprint density at radius 1 is 0.968 bits per heavy atom. The Bertz CT molecular complexity index is 895. The molecule has 0 radical (unpaired) electrons. The Balaban J connectivity index is 1.89. The Morgan fingerprint density at radius 2 is 1.68 bits per heavy atom. The number of likely N-dealkylation sites (N-methyl/N-ethyl adjacent to an activating group) is 1. The summed E-state index contributed by atoms with van der Waals surface area (Å²) >= 11 is 0. The molecule has 8 heteroatoms. The van der Waals surface area contributed by atoms with Gasteiger partial charge in [-0.25, -0.2) is 9.18 Å². The summed E-state index contributed by atoms with van der Waals surface area (Å²) in [6, 6.07) is 11.0. The molecule has 0 N–H and O–H groups in total. The van der Waals surface area contributed by atoms with Gasteiger partial charge >= 0.3 is 5.97 Å². The van der Waals surface area contributed by atoms with Gasteiger partial charge in [-0.15, -0.1) is 0 Å². The van der Waals surface area contributed by atoms with Gasteiger partial charge in [0.1, 0.15) is 24.8 Å².